The minimum atomic E-state index is -0.502. The lowest BCUT2D eigenvalue weighted by atomic mass is 10.1. The number of fused-ring (bicyclic) bond motifs is 3. The zero-order valence-electron chi connectivity index (χ0n) is 9.50. The van der Waals surface area contributed by atoms with E-state index < -0.39 is 5.91 Å². The Hall–Kier alpha value is -2.62. The standard InChI is InChI=1S/C14H9N3O/c1-15-14(18)13-16-11-8-4-6-9-5-2-3-7-10(9)12(11)17-13/h2-8H,1H2. The van der Waals surface area contributed by atoms with E-state index >= 15 is 0 Å². The Balaban J connectivity index is 2.38. The average molecular weight is 235 g/mol. The predicted octanol–water partition coefficient (Wildman–Crippen LogP) is 2.58. The number of amides is 1. The first kappa shape index (κ1) is 10.5. The second-order valence-electron chi connectivity index (χ2n) is 3.86. The third kappa shape index (κ3) is 1.55. The van der Waals surface area contributed by atoms with Gasteiger partial charge in [-0.15, -0.1) is 0 Å². The van der Waals surface area contributed by atoms with Crippen LogP contribution in [0.25, 0.3) is 22.2 Å². The lowest BCUT2D eigenvalue weighted by molar-refractivity contribution is 0.0995. The third-order valence-corrected chi connectivity index (χ3v) is 2.77. The van der Waals surface area contributed by atoms with E-state index in [-0.39, 0.29) is 5.82 Å². The van der Waals surface area contributed by atoms with E-state index in [4.69, 9.17) is 0 Å². The van der Waals surface area contributed by atoms with Gasteiger partial charge in [0.25, 0.3) is 0 Å². The van der Waals surface area contributed by atoms with Gasteiger partial charge in [-0.25, -0.2) is 15.0 Å². The first-order valence-corrected chi connectivity index (χ1v) is 5.46. The maximum absolute atomic E-state index is 11.4. The summed E-state index contributed by atoms with van der Waals surface area (Å²) < 4.78 is 0. The Morgan fingerprint density at radius 1 is 1.06 bits per heavy atom. The van der Waals surface area contributed by atoms with Gasteiger partial charge in [-0.1, -0.05) is 36.4 Å². The molecule has 0 atom stereocenters. The summed E-state index contributed by atoms with van der Waals surface area (Å²) in [5.41, 5.74) is 1.39. The molecule has 2 aliphatic rings. The van der Waals surface area contributed by atoms with Crippen LogP contribution in [0.5, 0.6) is 0 Å². The Bertz CT molecular complexity index is 736. The molecule has 0 saturated carbocycles. The van der Waals surface area contributed by atoms with Gasteiger partial charge in [0.1, 0.15) is 0 Å². The van der Waals surface area contributed by atoms with E-state index in [1.165, 1.54) is 0 Å². The Labute approximate surface area is 103 Å². The van der Waals surface area contributed by atoms with Crippen LogP contribution in [0, 0.1) is 0 Å². The number of carbonyl (C=O) groups is 1. The maximum atomic E-state index is 11.4. The van der Waals surface area contributed by atoms with Crippen molar-refractivity contribution in [3.8, 4) is 11.4 Å². The first-order chi connectivity index (χ1) is 8.79. The van der Waals surface area contributed by atoms with Crippen molar-refractivity contribution in [1.82, 2.24) is 9.97 Å². The highest BCUT2D eigenvalue weighted by Crippen LogP contribution is 2.27. The van der Waals surface area contributed by atoms with E-state index in [0.717, 1.165) is 10.8 Å². The second kappa shape index (κ2) is 4.00. The van der Waals surface area contributed by atoms with Crippen molar-refractivity contribution in [2.45, 2.75) is 0 Å². The molecule has 18 heavy (non-hydrogen) atoms. The van der Waals surface area contributed by atoms with E-state index in [1.807, 2.05) is 42.5 Å². The summed E-state index contributed by atoms with van der Waals surface area (Å²) in [5, 5.41) is 2.02. The van der Waals surface area contributed by atoms with Crippen LogP contribution in [-0.2, 0) is 0 Å². The number of imidazole rings is 1. The van der Waals surface area contributed by atoms with Crippen LogP contribution in [0.15, 0.2) is 47.5 Å². The fourth-order valence-electron chi connectivity index (χ4n) is 1.94. The molecule has 1 aliphatic heterocycles. The predicted molar refractivity (Wildman–Crippen MR) is 70.0 cm³/mol. The Morgan fingerprint density at radius 3 is 2.67 bits per heavy atom. The topological polar surface area (TPSA) is 55.2 Å². The largest absolute Gasteiger partial charge is 0.314 e. The number of rotatable bonds is 1. The molecule has 3 rings (SSSR count). The van der Waals surface area contributed by atoms with E-state index in [9.17, 15) is 4.79 Å². The lowest BCUT2D eigenvalue weighted by Crippen LogP contribution is -1.95. The lowest BCUT2D eigenvalue weighted by Gasteiger charge is -1.94. The molecule has 0 aromatic heterocycles. The maximum Gasteiger partial charge on any atom is 0.314 e. The van der Waals surface area contributed by atoms with E-state index in [2.05, 4.69) is 21.7 Å². The molecule has 0 bridgehead atoms. The molecule has 0 spiro atoms. The van der Waals surface area contributed by atoms with Gasteiger partial charge < -0.3 is 0 Å². The van der Waals surface area contributed by atoms with Crippen molar-refractivity contribution in [3.63, 3.8) is 0 Å². The number of aliphatic imine (C=N–C) groups is 1. The zero-order chi connectivity index (χ0) is 12.5. The van der Waals surface area contributed by atoms with Crippen LogP contribution in [0.3, 0.4) is 0 Å². The number of aromatic nitrogens is 2. The third-order valence-electron chi connectivity index (χ3n) is 2.77. The molecular weight excluding hydrogens is 226 g/mol. The van der Waals surface area contributed by atoms with Crippen LogP contribution < -0.4 is 0 Å². The number of nitrogens with zero attached hydrogens (tertiary/aromatic N) is 3. The minimum Gasteiger partial charge on any atom is -0.263 e. The van der Waals surface area contributed by atoms with Crippen LogP contribution in [0.1, 0.15) is 10.6 Å². The highest BCUT2D eigenvalue weighted by atomic mass is 16.1. The fourth-order valence-corrected chi connectivity index (χ4v) is 1.94. The number of benzene rings is 1. The summed E-state index contributed by atoms with van der Waals surface area (Å²) in [4.78, 5) is 23.2. The van der Waals surface area contributed by atoms with Crippen molar-refractivity contribution in [2.24, 2.45) is 4.99 Å². The summed E-state index contributed by atoms with van der Waals surface area (Å²) >= 11 is 0. The molecule has 1 aliphatic carbocycles. The van der Waals surface area contributed by atoms with Gasteiger partial charge >= 0.3 is 5.91 Å². The molecule has 0 saturated heterocycles. The van der Waals surface area contributed by atoms with Crippen LogP contribution in [0.4, 0.5) is 0 Å². The molecule has 0 unspecified atom stereocenters. The molecule has 1 aromatic rings. The van der Waals surface area contributed by atoms with Crippen LogP contribution in [0.2, 0.25) is 0 Å². The highest BCUT2D eigenvalue weighted by Gasteiger charge is 2.16. The minimum absolute atomic E-state index is 0.0938. The van der Waals surface area contributed by atoms with E-state index in [0.29, 0.717) is 11.4 Å². The number of hydrogen-bond donors (Lipinski definition) is 0. The smallest absolute Gasteiger partial charge is 0.263 e. The summed E-state index contributed by atoms with van der Waals surface area (Å²) in [6.45, 7) is 3.20. The molecule has 0 fully saturated rings. The van der Waals surface area contributed by atoms with E-state index in [1.54, 1.807) is 0 Å². The molecule has 1 heterocycles. The highest BCUT2D eigenvalue weighted by molar-refractivity contribution is 5.99. The zero-order valence-corrected chi connectivity index (χ0v) is 9.50. The van der Waals surface area contributed by atoms with Crippen molar-refractivity contribution >= 4 is 23.4 Å². The fraction of sp³-hybridized carbons (Fsp3) is 0. The van der Waals surface area contributed by atoms with Crippen LogP contribution >= 0.6 is 0 Å². The van der Waals surface area contributed by atoms with Gasteiger partial charge in [0.15, 0.2) is 0 Å². The molecule has 4 heteroatoms. The number of carbonyl (C=O) groups excluding carboxylic acids is 1. The normalized spacial score (nSPS) is 10.7. The summed E-state index contributed by atoms with van der Waals surface area (Å²) in [6.07, 6.45) is 0. The molecular formula is C14H9N3O. The molecule has 86 valence electrons. The van der Waals surface area contributed by atoms with Crippen LogP contribution in [-0.4, -0.2) is 22.6 Å². The summed E-state index contributed by atoms with van der Waals surface area (Å²) in [7, 11) is 0. The van der Waals surface area contributed by atoms with Crippen molar-refractivity contribution < 1.29 is 4.79 Å². The van der Waals surface area contributed by atoms with Crippen molar-refractivity contribution in [2.75, 3.05) is 0 Å². The van der Waals surface area contributed by atoms with Gasteiger partial charge in [-0.05, 0) is 18.2 Å². The summed E-state index contributed by atoms with van der Waals surface area (Å²) in [6, 6.07) is 13.6. The number of hydrogen-bond acceptors (Lipinski definition) is 3. The van der Waals surface area contributed by atoms with Gasteiger partial charge in [0.2, 0.25) is 5.82 Å². The van der Waals surface area contributed by atoms with Crippen molar-refractivity contribution in [3.05, 3.63) is 48.3 Å². The quantitative estimate of drug-likeness (QED) is 0.609. The van der Waals surface area contributed by atoms with Crippen molar-refractivity contribution in [1.29, 1.82) is 0 Å². The Morgan fingerprint density at radius 2 is 1.83 bits per heavy atom. The SMILES string of the molecule is C=NC(=O)c1nc2cccc3ccccc3c-2n1. The average Bonchev–Trinajstić information content (AvgIpc) is 2.75. The monoisotopic (exact) mass is 235 g/mol. The molecule has 0 radical (unpaired) electrons. The molecule has 0 N–H and O–H groups in total. The van der Waals surface area contributed by atoms with Gasteiger partial charge in [0.05, 0.1) is 11.4 Å². The summed E-state index contributed by atoms with van der Waals surface area (Å²) in [5.74, 6) is -0.408. The van der Waals surface area contributed by atoms with Gasteiger partial charge in [-0.2, -0.15) is 0 Å². The first-order valence-electron chi connectivity index (χ1n) is 5.46. The molecule has 1 amide bonds. The van der Waals surface area contributed by atoms with Gasteiger partial charge in [0, 0.05) is 5.39 Å². The molecule has 4 nitrogen and oxygen atoms in total. The molecule has 1 aromatic carbocycles. The van der Waals surface area contributed by atoms with Gasteiger partial charge in [-0.3, -0.25) is 4.79 Å². The Kier molecular flexibility index (Phi) is 2.34. The second-order valence-corrected chi connectivity index (χ2v) is 3.86.